The molecule has 0 saturated carbocycles. The topological polar surface area (TPSA) is 39.9 Å². The molecule has 1 aliphatic rings. The fraction of sp³-hybridized carbons (Fsp3) is 0.294. The number of aromatic nitrogens is 3. The Morgan fingerprint density at radius 1 is 1.18 bits per heavy atom. The minimum Gasteiger partial charge on any atom is -0.381 e. The second kappa shape index (κ2) is 5.71. The number of ether oxygens (including phenoxy) is 1. The van der Waals surface area contributed by atoms with Crippen molar-refractivity contribution < 1.29 is 4.74 Å². The quantitative estimate of drug-likeness (QED) is 0.669. The number of halogens is 1. The van der Waals surface area contributed by atoms with Gasteiger partial charge in [-0.05, 0) is 36.6 Å². The van der Waals surface area contributed by atoms with Gasteiger partial charge in [-0.1, -0.05) is 11.6 Å². The number of fused-ring (bicyclic) bond motifs is 1. The Morgan fingerprint density at radius 2 is 2.05 bits per heavy atom. The first-order valence-electron chi connectivity index (χ1n) is 7.47. The molecule has 1 saturated heterocycles. The van der Waals surface area contributed by atoms with Crippen molar-refractivity contribution >= 4 is 22.5 Å². The van der Waals surface area contributed by atoms with Crippen molar-refractivity contribution in [3.8, 4) is 11.1 Å². The summed E-state index contributed by atoms with van der Waals surface area (Å²) in [4.78, 5) is 8.37. The van der Waals surface area contributed by atoms with Crippen LogP contribution in [-0.4, -0.2) is 27.7 Å². The number of nitrogens with zero attached hydrogens (tertiary/aromatic N) is 3. The molecule has 22 heavy (non-hydrogen) atoms. The molecule has 3 aromatic heterocycles. The number of rotatable bonds is 2. The molecule has 5 heteroatoms. The van der Waals surface area contributed by atoms with Crippen LogP contribution < -0.4 is 0 Å². The predicted molar refractivity (Wildman–Crippen MR) is 87.1 cm³/mol. The normalized spacial score (nSPS) is 16.2. The third kappa shape index (κ3) is 2.38. The van der Waals surface area contributed by atoms with Gasteiger partial charge in [0.1, 0.15) is 5.15 Å². The van der Waals surface area contributed by atoms with Crippen LogP contribution in [-0.2, 0) is 4.74 Å². The average Bonchev–Trinajstić information content (AvgIpc) is 2.95. The van der Waals surface area contributed by atoms with Gasteiger partial charge >= 0.3 is 0 Å². The van der Waals surface area contributed by atoms with Crippen molar-refractivity contribution in [2.75, 3.05) is 13.2 Å². The molecule has 4 nitrogen and oxygen atoms in total. The summed E-state index contributed by atoms with van der Waals surface area (Å²) in [5.41, 5.74) is 3.42. The lowest BCUT2D eigenvalue weighted by molar-refractivity contribution is 0.0707. The molecular weight excluding hydrogens is 298 g/mol. The molecular formula is C17H16ClN3O. The van der Waals surface area contributed by atoms with Crippen LogP contribution in [0.25, 0.3) is 22.0 Å². The number of pyridine rings is 2. The van der Waals surface area contributed by atoms with E-state index in [9.17, 15) is 0 Å². The highest BCUT2D eigenvalue weighted by Crippen LogP contribution is 2.35. The highest BCUT2D eigenvalue weighted by molar-refractivity contribution is 6.29. The van der Waals surface area contributed by atoms with Gasteiger partial charge in [0.05, 0.1) is 11.7 Å². The zero-order valence-electron chi connectivity index (χ0n) is 12.1. The highest BCUT2D eigenvalue weighted by atomic mass is 35.5. The van der Waals surface area contributed by atoms with Crippen molar-refractivity contribution in [1.82, 2.24) is 14.5 Å². The van der Waals surface area contributed by atoms with E-state index in [1.807, 2.05) is 24.5 Å². The molecule has 1 aliphatic heterocycles. The summed E-state index contributed by atoms with van der Waals surface area (Å²) in [6, 6.07) is 6.43. The predicted octanol–water partition coefficient (Wildman–Crippen LogP) is 4.10. The van der Waals surface area contributed by atoms with E-state index in [1.54, 1.807) is 6.20 Å². The van der Waals surface area contributed by atoms with E-state index in [2.05, 4.69) is 26.8 Å². The standard InChI is InChI=1S/C17H16ClN3O/c18-17-9-12(1-6-20-17)15-11-21(13-3-7-22-8-4-13)16-10-19-5-2-14(15)16/h1-2,5-6,9-11,13H,3-4,7-8H2. The molecule has 0 aromatic carbocycles. The van der Waals surface area contributed by atoms with E-state index in [0.717, 1.165) is 37.1 Å². The van der Waals surface area contributed by atoms with Crippen LogP contribution in [0.5, 0.6) is 0 Å². The molecule has 3 aromatic rings. The Balaban J connectivity index is 1.88. The largest absolute Gasteiger partial charge is 0.381 e. The molecule has 4 rings (SSSR count). The van der Waals surface area contributed by atoms with Crippen LogP contribution in [0.1, 0.15) is 18.9 Å². The van der Waals surface area contributed by atoms with Gasteiger partial charge in [-0.25, -0.2) is 4.98 Å². The second-order valence-corrected chi connectivity index (χ2v) is 5.94. The third-order valence-electron chi connectivity index (χ3n) is 4.26. The Labute approximate surface area is 133 Å². The van der Waals surface area contributed by atoms with Crippen molar-refractivity contribution in [1.29, 1.82) is 0 Å². The molecule has 0 N–H and O–H groups in total. The lowest BCUT2D eigenvalue weighted by Gasteiger charge is -2.24. The summed E-state index contributed by atoms with van der Waals surface area (Å²) in [6.07, 6.45) is 9.81. The summed E-state index contributed by atoms with van der Waals surface area (Å²) in [6.45, 7) is 1.64. The molecule has 0 spiro atoms. The fourth-order valence-corrected chi connectivity index (χ4v) is 3.34. The SMILES string of the molecule is Clc1cc(-c2cn(C3CCOCC3)c3cnccc23)ccn1. The first kappa shape index (κ1) is 13.7. The molecule has 0 aliphatic carbocycles. The second-order valence-electron chi connectivity index (χ2n) is 5.55. The van der Waals surface area contributed by atoms with Gasteiger partial charge in [0.2, 0.25) is 0 Å². The summed E-state index contributed by atoms with van der Waals surface area (Å²) < 4.78 is 7.83. The average molecular weight is 314 g/mol. The molecule has 1 fully saturated rings. The number of hydrogen-bond donors (Lipinski definition) is 0. The van der Waals surface area contributed by atoms with Gasteiger partial charge in [0.15, 0.2) is 0 Å². The van der Waals surface area contributed by atoms with Gasteiger partial charge in [-0.2, -0.15) is 0 Å². The minimum atomic E-state index is 0.464. The van der Waals surface area contributed by atoms with Crippen molar-refractivity contribution in [2.45, 2.75) is 18.9 Å². The first-order valence-corrected chi connectivity index (χ1v) is 7.85. The van der Waals surface area contributed by atoms with E-state index in [4.69, 9.17) is 16.3 Å². The van der Waals surface area contributed by atoms with Crippen molar-refractivity contribution in [3.63, 3.8) is 0 Å². The van der Waals surface area contributed by atoms with Gasteiger partial charge in [0.25, 0.3) is 0 Å². The monoisotopic (exact) mass is 313 g/mol. The lowest BCUT2D eigenvalue weighted by Crippen LogP contribution is -2.18. The van der Waals surface area contributed by atoms with Crippen LogP contribution >= 0.6 is 11.6 Å². The van der Waals surface area contributed by atoms with E-state index in [1.165, 1.54) is 10.9 Å². The van der Waals surface area contributed by atoms with Crippen molar-refractivity contribution in [2.24, 2.45) is 0 Å². The molecule has 4 heterocycles. The molecule has 0 bridgehead atoms. The molecule has 0 atom stereocenters. The van der Waals surface area contributed by atoms with Gasteiger partial charge in [0, 0.05) is 48.8 Å². The van der Waals surface area contributed by atoms with Crippen LogP contribution in [0.2, 0.25) is 5.15 Å². The number of hydrogen-bond acceptors (Lipinski definition) is 3. The maximum Gasteiger partial charge on any atom is 0.129 e. The van der Waals surface area contributed by atoms with E-state index < -0.39 is 0 Å². The molecule has 112 valence electrons. The Morgan fingerprint density at radius 3 is 2.86 bits per heavy atom. The van der Waals surface area contributed by atoms with Crippen LogP contribution in [0.4, 0.5) is 0 Å². The smallest absolute Gasteiger partial charge is 0.129 e. The Kier molecular flexibility index (Phi) is 3.56. The zero-order chi connectivity index (χ0) is 14.9. The highest BCUT2D eigenvalue weighted by Gasteiger charge is 2.19. The van der Waals surface area contributed by atoms with Crippen LogP contribution in [0, 0.1) is 0 Å². The maximum atomic E-state index is 6.05. The Bertz CT molecular complexity index is 809. The van der Waals surface area contributed by atoms with Gasteiger partial charge in [-0.3, -0.25) is 4.98 Å². The van der Waals surface area contributed by atoms with Gasteiger partial charge < -0.3 is 9.30 Å². The van der Waals surface area contributed by atoms with Crippen LogP contribution in [0.15, 0.2) is 43.0 Å². The maximum absolute atomic E-state index is 6.05. The van der Waals surface area contributed by atoms with E-state index in [0.29, 0.717) is 11.2 Å². The summed E-state index contributed by atoms with van der Waals surface area (Å²) >= 11 is 6.05. The lowest BCUT2D eigenvalue weighted by atomic mass is 10.1. The summed E-state index contributed by atoms with van der Waals surface area (Å²) in [5.74, 6) is 0. The molecule has 0 unspecified atom stereocenters. The van der Waals surface area contributed by atoms with Crippen LogP contribution in [0.3, 0.4) is 0 Å². The third-order valence-corrected chi connectivity index (χ3v) is 4.47. The first-order chi connectivity index (χ1) is 10.8. The van der Waals surface area contributed by atoms with E-state index >= 15 is 0 Å². The molecule has 0 amide bonds. The Hall–Kier alpha value is -1.91. The fourth-order valence-electron chi connectivity index (χ4n) is 3.16. The van der Waals surface area contributed by atoms with E-state index in [-0.39, 0.29) is 0 Å². The zero-order valence-corrected chi connectivity index (χ0v) is 12.8. The molecule has 0 radical (unpaired) electrons. The van der Waals surface area contributed by atoms with Gasteiger partial charge in [-0.15, -0.1) is 0 Å². The minimum absolute atomic E-state index is 0.464. The summed E-state index contributed by atoms with van der Waals surface area (Å²) in [5, 5.41) is 1.71. The summed E-state index contributed by atoms with van der Waals surface area (Å²) in [7, 11) is 0. The van der Waals surface area contributed by atoms with Crippen molar-refractivity contribution in [3.05, 3.63) is 48.1 Å².